The molecule has 0 spiro atoms. The molecule has 0 atom stereocenters. The van der Waals surface area contributed by atoms with Crippen molar-refractivity contribution in [2.75, 3.05) is 26.2 Å². The van der Waals surface area contributed by atoms with Crippen LogP contribution in [-0.4, -0.2) is 43.4 Å². The number of esters is 1. The molecule has 0 aromatic heterocycles. The van der Waals surface area contributed by atoms with Gasteiger partial charge in [-0.3, -0.25) is 4.79 Å². The molecule has 1 fully saturated rings. The molecule has 1 rings (SSSR count). The molecule has 1 aliphatic heterocycles. The molecule has 0 aliphatic carbocycles. The van der Waals surface area contributed by atoms with E-state index < -0.39 is 0 Å². The maximum absolute atomic E-state index is 11.4. The number of carbonyl (C=O) groups excluding carboxylic acids is 2. The fourth-order valence-corrected chi connectivity index (χ4v) is 1.75. The zero-order valence-electron chi connectivity index (χ0n) is 10.6. The number of carbonyl (C=O) groups is 2. The molecular weight excluding hydrogens is 206 g/mol. The Morgan fingerprint density at radius 2 is 1.88 bits per heavy atom. The Morgan fingerprint density at radius 1 is 1.38 bits per heavy atom. The molecule has 4 heteroatoms. The van der Waals surface area contributed by atoms with Gasteiger partial charge in [0.1, 0.15) is 6.29 Å². The second kappa shape index (κ2) is 9.33. The van der Waals surface area contributed by atoms with Crippen LogP contribution in [0.4, 0.5) is 0 Å². The Labute approximate surface area is 98.0 Å². The fourth-order valence-electron chi connectivity index (χ4n) is 1.75. The lowest BCUT2D eigenvalue weighted by atomic mass is 9.97. The normalized spacial score (nSPS) is 17.2. The molecule has 0 saturated carbocycles. The minimum absolute atomic E-state index is 0.00162. The van der Waals surface area contributed by atoms with Crippen molar-refractivity contribution in [3.05, 3.63) is 0 Å². The fraction of sp³-hybridized carbons (Fsp3) is 0.833. The smallest absolute Gasteiger partial charge is 0.309 e. The molecule has 0 bridgehead atoms. The van der Waals surface area contributed by atoms with E-state index in [0.29, 0.717) is 6.61 Å². The minimum atomic E-state index is -0.00162. The standard InChI is InChI=1S/C10H19NO2.C2H4O/c1-3-11-7-5-9(6-8-11)10(12)13-4-2;1-2-3/h9H,3-8H2,1-2H3;2H,1H3. The molecule has 0 aromatic carbocycles. The van der Waals surface area contributed by atoms with Crippen molar-refractivity contribution in [3.8, 4) is 0 Å². The van der Waals surface area contributed by atoms with Crippen molar-refractivity contribution in [1.29, 1.82) is 0 Å². The number of nitrogens with zero attached hydrogens (tertiary/aromatic N) is 1. The Morgan fingerprint density at radius 3 is 2.25 bits per heavy atom. The van der Waals surface area contributed by atoms with E-state index >= 15 is 0 Å². The van der Waals surface area contributed by atoms with Crippen LogP contribution >= 0.6 is 0 Å². The summed E-state index contributed by atoms with van der Waals surface area (Å²) in [5, 5.41) is 0. The topological polar surface area (TPSA) is 46.6 Å². The maximum atomic E-state index is 11.4. The molecule has 0 amide bonds. The Hall–Kier alpha value is -0.900. The molecule has 1 aliphatic rings. The van der Waals surface area contributed by atoms with Crippen molar-refractivity contribution in [3.63, 3.8) is 0 Å². The van der Waals surface area contributed by atoms with Gasteiger partial charge in [0.25, 0.3) is 0 Å². The van der Waals surface area contributed by atoms with Gasteiger partial charge in [-0.15, -0.1) is 0 Å². The lowest BCUT2D eigenvalue weighted by Gasteiger charge is -2.29. The van der Waals surface area contributed by atoms with E-state index in [9.17, 15) is 4.79 Å². The van der Waals surface area contributed by atoms with E-state index in [1.54, 1.807) is 0 Å². The van der Waals surface area contributed by atoms with Crippen molar-refractivity contribution >= 4 is 12.3 Å². The average Bonchev–Trinajstić information content (AvgIpc) is 2.30. The van der Waals surface area contributed by atoms with Crippen LogP contribution < -0.4 is 0 Å². The molecule has 4 nitrogen and oxygen atoms in total. The molecule has 0 radical (unpaired) electrons. The number of likely N-dealkylation sites (tertiary alicyclic amines) is 1. The van der Waals surface area contributed by atoms with Gasteiger partial charge in [-0.2, -0.15) is 0 Å². The number of rotatable bonds is 3. The van der Waals surface area contributed by atoms with Gasteiger partial charge < -0.3 is 14.4 Å². The van der Waals surface area contributed by atoms with Crippen LogP contribution in [0.2, 0.25) is 0 Å². The molecule has 0 N–H and O–H groups in total. The molecule has 1 saturated heterocycles. The second-order valence-electron chi connectivity index (χ2n) is 3.70. The third kappa shape index (κ3) is 5.85. The first-order valence-corrected chi connectivity index (χ1v) is 5.98. The SMILES string of the molecule is CC=O.CCOC(=O)C1CCN(CC)CC1. The van der Waals surface area contributed by atoms with Gasteiger partial charge in [0.05, 0.1) is 12.5 Å². The van der Waals surface area contributed by atoms with Crippen LogP contribution in [0.3, 0.4) is 0 Å². The lowest BCUT2D eigenvalue weighted by Crippen LogP contribution is -2.36. The zero-order valence-corrected chi connectivity index (χ0v) is 10.6. The first-order valence-electron chi connectivity index (χ1n) is 5.98. The van der Waals surface area contributed by atoms with Crippen molar-refractivity contribution in [2.45, 2.75) is 33.6 Å². The van der Waals surface area contributed by atoms with E-state index in [0.717, 1.165) is 38.8 Å². The van der Waals surface area contributed by atoms with E-state index in [4.69, 9.17) is 9.53 Å². The van der Waals surface area contributed by atoms with Gasteiger partial charge in [0.15, 0.2) is 0 Å². The molecule has 0 unspecified atom stereocenters. The molecule has 0 aromatic rings. The van der Waals surface area contributed by atoms with Crippen molar-refractivity contribution in [2.24, 2.45) is 5.92 Å². The number of aldehydes is 1. The molecular formula is C12H23NO3. The van der Waals surface area contributed by atoms with Crippen molar-refractivity contribution < 1.29 is 14.3 Å². The van der Waals surface area contributed by atoms with Crippen LogP contribution in [-0.2, 0) is 14.3 Å². The van der Waals surface area contributed by atoms with Crippen LogP contribution in [0.25, 0.3) is 0 Å². The second-order valence-corrected chi connectivity index (χ2v) is 3.70. The van der Waals surface area contributed by atoms with Crippen LogP contribution in [0.5, 0.6) is 0 Å². The first kappa shape index (κ1) is 15.1. The summed E-state index contributed by atoms with van der Waals surface area (Å²) in [7, 11) is 0. The summed E-state index contributed by atoms with van der Waals surface area (Å²) in [5.41, 5.74) is 0. The highest BCUT2D eigenvalue weighted by molar-refractivity contribution is 5.72. The van der Waals surface area contributed by atoms with Crippen molar-refractivity contribution in [1.82, 2.24) is 4.90 Å². The van der Waals surface area contributed by atoms with E-state index in [1.807, 2.05) is 6.92 Å². The number of ether oxygens (including phenoxy) is 1. The van der Waals surface area contributed by atoms with Gasteiger partial charge in [-0.25, -0.2) is 0 Å². The van der Waals surface area contributed by atoms with Gasteiger partial charge >= 0.3 is 5.97 Å². The third-order valence-electron chi connectivity index (χ3n) is 2.65. The number of hydrogen-bond donors (Lipinski definition) is 0. The lowest BCUT2D eigenvalue weighted by molar-refractivity contribution is -0.149. The highest BCUT2D eigenvalue weighted by atomic mass is 16.5. The predicted molar refractivity (Wildman–Crippen MR) is 63.2 cm³/mol. The third-order valence-corrected chi connectivity index (χ3v) is 2.65. The summed E-state index contributed by atoms with van der Waals surface area (Å²) >= 11 is 0. The predicted octanol–water partition coefficient (Wildman–Crippen LogP) is 1.49. The molecule has 94 valence electrons. The monoisotopic (exact) mass is 229 g/mol. The molecule has 16 heavy (non-hydrogen) atoms. The number of piperidine rings is 1. The summed E-state index contributed by atoms with van der Waals surface area (Å²) in [6.07, 6.45) is 2.68. The first-order chi connectivity index (χ1) is 7.69. The highest BCUT2D eigenvalue weighted by Crippen LogP contribution is 2.17. The van der Waals surface area contributed by atoms with E-state index in [2.05, 4.69) is 11.8 Å². The van der Waals surface area contributed by atoms with Crippen LogP contribution in [0.15, 0.2) is 0 Å². The Balaban J connectivity index is 0.000000673. The zero-order chi connectivity index (χ0) is 12.4. The van der Waals surface area contributed by atoms with E-state index in [-0.39, 0.29) is 11.9 Å². The Kier molecular flexibility index (Phi) is 8.81. The van der Waals surface area contributed by atoms with Crippen LogP contribution in [0.1, 0.15) is 33.6 Å². The van der Waals surface area contributed by atoms with Gasteiger partial charge in [0.2, 0.25) is 0 Å². The molecule has 1 heterocycles. The minimum Gasteiger partial charge on any atom is -0.466 e. The summed E-state index contributed by atoms with van der Waals surface area (Å²) in [4.78, 5) is 22.5. The van der Waals surface area contributed by atoms with Gasteiger partial charge in [0, 0.05) is 0 Å². The average molecular weight is 229 g/mol. The number of hydrogen-bond acceptors (Lipinski definition) is 4. The maximum Gasteiger partial charge on any atom is 0.309 e. The Bertz CT molecular complexity index is 198. The van der Waals surface area contributed by atoms with E-state index in [1.165, 1.54) is 6.92 Å². The summed E-state index contributed by atoms with van der Waals surface area (Å²) in [6, 6.07) is 0. The largest absolute Gasteiger partial charge is 0.466 e. The van der Waals surface area contributed by atoms with Gasteiger partial charge in [-0.05, 0) is 46.3 Å². The summed E-state index contributed by atoms with van der Waals surface area (Å²) in [5.74, 6) is 0.154. The van der Waals surface area contributed by atoms with Crippen LogP contribution in [0, 0.1) is 5.92 Å². The summed E-state index contributed by atoms with van der Waals surface area (Å²) in [6.45, 7) is 9.14. The summed E-state index contributed by atoms with van der Waals surface area (Å²) < 4.78 is 4.99. The van der Waals surface area contributed by atoms with Gasteiger partial charge in [-0.1, -0.05) is 6.92 Å². The highest BCUT2D eigenvalue weighted by Gasteiger charge is 2.24. The quantitative estimate of drug-likeness (QED) is 0.543.